The van der Waals surface area contributed by atoms with Gasteiger partial charge in [0.1, 0.15) is 0 Å². The van der Waals surface area contributed by atoms with Crippen LogP contribution in [0.5, 0.6) is 0 Å². The van der Waals surface area contributed by atoms with Crippen molar-refractivity contribution in [1.29, 1.82) is 0 Å². The Bertz CT molecular complexity index is 578. The molecule has 1 unspecified atom stereocenters. The maximum absolute atomic E-state index is 4.73. The van der Waals surface area contributed by atoms with Crippen LogP contribution in [0.3, 0.4) is 0 Å². The van der Waals surface area contributed by atoms with Crippen molar-refractivity contribution in [2.75, 3.05) is 19.3 Å². The highest BCUT2D eigenvalue weighted by molar-refractivity contribution is 7.99. The highest BCUT2D eigenvalue weighted by Gasteiger charge is 2.18. The number of imidazole rings is 1. The molecule has 3 nitrogen and oxygen atoms in total. The number of para-hydroxylation sites is 2. The standard InChI is InChI=1S/C16H23N3S/c1-18-11-6-5-7-13(18)10-12-20-16-17-14-8-3-4-9-15(14)19(16)2/h3-4,8-9,13H,5-7,10-12H2,1-2H3. The molecule has 0 saturated carbocycles. The minimum atomic E-state index is 0.769. The van der Waals surface area contributed by atoms with E-state index in [2.05, 4.69) is 47.8 Å². The summed E-state index contributed by atoms with van der Waals surface area (Å²) in [6.07, 6.45) is 5.39. The van der Waals surface area contributed by atoms with Gasteiger partial charge in [-0.2, -0.15) is 0 Å². The van der Waals surface area contributed by atoms with E-state index in [1.54, 1.807) is 0 Å². The molecule has 1 aliphatic rings. The Kier molecular flexibility index (Phi) is 4.32. The van der Waals surface area contributed by atoms with Gasteiger partial charge in [-0.3, -0.25) is 0 Å². The molecule has 0 bridgehead atoms. The van der Waals surface area contributed by atoms with Crippen molar-refractivity contribution in [3.8, 4) is 0 Å². The molecule has 2 aromatic rings. The van der Waals surface area contributed by atoms with Gasteiger partial charge in [-0.25, -0.2) is 4.98 Å². The normalized spacial score (nSPS) is 20.6. The predicted octanol–water partition coefficient (Wildman–Crippen LogP) is 3.54. The second-order valence-electron chi connectivity index (χ2n) is 5.71. The molecule has 3 rings (SSSR count). The van der Waals surface area contributed by atoms with Crippen LogP contribution in [0, 0.1) is 0 Å². The van der Waals surface area contributed by atoms with E-state index in [-0.39, 0.29) is 0 Å². The zero-order valence-electron chi connectivity index (χ0n) is 12.4. The summed E-state index contributed by atoms with van der Waals surface area (Å²) in [7, 11) is 4.38. The molecule has 1 aliphatic heterocycles. The molecule has 1 aromatic carbocycles. The van der Waals surface area contributed by atoms with E-state index in [1.165, 1.54) is 37.7 Å². The second-order valence-corrected chi connectivity index (χ2v) is 6.77. The van der Waals surface area contributed by atoms with E-state index in [0.717, 1.165) is 22.5 Å². The number of nitrogens with zero attached hydrogens (tertiary/aromatic N) is 3. The number of hydrogen-bond acceptors (Lipinski definition) is 3. The minimum absolute atomic E-state index is 0.769. The van der Waals surface area contributed by atoms with Crippen molar-refractivity contribution in [1.82, 2.24) is 14.5 Å². The molecule has 1 aromatic heterocycles. The van der Waals surface area contributed by atoms with Gasteiger partial charge < -0.3 is 9.47 Å². The van der Waals surface area contributed by atoms with Gasteiger partial charge in [0.15, 0.2) is 5.16 Å². The van der Waals surface area contributed by atoms with Crippen LogP contribution in [0.1, 0.15) is 25.7 Å². The number of fused-ring (bicyclic) bond motifs is 1. The first-order valence-electron chi connectivity index (χ1n) is 7.50. The Morgan fingerprint density at radius 2 is 2.10 bits per heavy atom. The summed E-state index contributed by atoms with van der Waals surface area (Å²) >= 11 is 1.89. The summed E-state index contributed by atoms with van der Waals surface area (Å²) in [4.78, 5) is 7.25. The number of thioether (sulfide) groups is 1. The highest BCUT2D eigenvalue weighted by atomic mass is 32.2. The van der Waals surface area contributed by atoms with Crippen molar-refractivity contribution in [2.45, 2.75) is 36.9 Å². The van der Waals surface area contributed by atoms with Gasteiger partial charge in [-0.15, -0.1) is 0 Å². The van der Waals surface area contributed by atoms with Gasteiger partial charge >= 0.3 is 0 Å². The van der Waals surface area contributed by atoms with Crippen LogP contribution in [-0.2, 0) is 7.05 Å². The van der Waals surface area contributed by atoms with Crippen molar-refractivity contribution in [3.05, 3.63) is 24.3 Å². The monoisotopic (exact) mass is 289 g/mol. The molecule has 2 heterocycles. The number of rotatable bonds is 4. The molecule has 0 amide bonds. The SMILES string of the molecule is CN1CCCCC1CCSc1nc2ccccc2n1C. The third-order valence-corrected chi connectivity index (χ3v) is 5.41. The second kappa shape index (κ2) is 6.19. The van der Waals surface area contributed by atoms with Gasteiger partial charge in [-0.05, 0) is 45.0 Å². The van der Waals surface area contributed by atoms with Crippen molar-refractivity contribution in [2.24, 2.45) is 7.05 Å². The zero-order valence-corrected chi connectivity index (χ0v) is 13.2. The fraction of sp³-hybridized carbons (Fsp3) is 0.562. The Labute approximate surface area is 125 Å². The van der Waals surface area contributed by atoms with Gasteiger partial charge in [0, 0.05) is 18.8 Å². The first-order chi connectivity index (χ1) is 9.75. The van der Waals surface area contributed by atoms with Crippen LogP contribution >= 0.6 is 11.8 Å². The predicted molar refractivity (Wildman–Crippen MR) is 86.3 cm³/mol. The summed E-state index contributed by atoms with van der Waals surface area (Å²) in [5.74, 6) is 1.16. The molecule has 0 N–H and O–H groups in total. The van der Waals surface area contributed by atoms with Gasteiger partial charge in [0.2, 0.25) is 0 Å². The van der Waals surface area contributed by atoms with E-state index in [9.17, 15) is 0 Å². The van der Waals surface area contributed by atoms with E-state index in [4.69, 9.17) is 4.98 Å². The molecule has 1 fully saturated rings. The van der Waals surface area contributed by atoms with Crippen LogP contribution in [0.15, 0.2) is 29.4 Å². The fourth-order valence-electron chi connectivity index (χ4n) is 3.05. The maximum atomic E-state index is 4.73. The quantitative estimate of drug-likeness (QED) is 0.803. The molecule has 4 heteroatoms. The van der Waals surface area contributed by atoms with Crippen LogP contribution in [-0.4, -0.2) is 39.8 Å². The lowest BCUT2D eigenvalue weighted by molar-refractivity contribution is 0.182. The largest absolute Gasteiger partial charge is 0.322 e. The Hall–Kier alpha value is -1.00. The summed E-state index contributed by atoms with van der Waals surface area (Å²) < 4.78 is 2.21. The molecular weight excluding hydrogens is 266 g/mol. The first-order valence-corrected chi connectivity index (χ1v) is 8.49. The first kappa shape index (κ1) is 14.0. The van der Waals surface area contributed by atoms with Crippen LogP contribution in [0.2, 0.25) is 0 Å². The minimum Gasteiger partial charge on any atom is -0.322 e. The lowest BCUT2D eigenvalue weighted by Crippen LogP contribution is -2.36. The number of aryl methyl sites for hydroxylation is 1. The number of benzene rings is 1. The van der Waals surface area contributed by atoms with Gasteiger partial charge in [0.05, 0.1) is 11.0 Å². The lowest BCUT2D eigenvalue weighted by Gasteiger charge is -2.32. The Balaban J connectivity index is 1.61. The summed E-state index contributed by atoms with van der Waals surface area (Å²) in [6.45, 7) is 1.27. The topological polar surface area (TPSA) is 21.1 Å². The zero-order chi connectivity index (χ0) is 13.9. The number of likely N-dealkylation sites (tertiary alicyclic amines) is 1. The third kappa shape index (κ3) is 2.86. The number of piperidine rings is 1. The molecule has 20 heavy (non-hydrogen) atoms. The molecule has 1 saturated heterocycles. The molecule has 108 valence electrons. The summed E-state index contributed by atoms with van der Waals surface area (Å²) in [6, 6.07) is 9.14. The third-order valence-electron chi connectivity index (χ3n) is 4.35. The lowest BCUT2D eigenvalue weighted by atomic mass is 10.0. The Morgan fingerprint density at radius 1 is 1.25 bits per heavy atom. The number of aromatic nitrogens is 2. The molecule has 1 atom stereocenters. The number of hydrogen-bond donors (Lipinski definition) is 0. The van der Waals surface area contributed by atoms with E-state index in [0.29, 0.717) is 0 Å². The van der Waals surface area contributed by atoms with Crippen LogP contribution in [0.4, 0.5) is 0 Å². The molecule has 0 spiro atoms. The fourth-order valence-corrected chi connectivity index (χ4v) is 4.08. The van der Waals surface area contributed by atoms with Crippen molar-refractivity contribution >= 4 is 22.8 Å². The smallest absolute Gasteiger partial charge is 0.168 e. The average molecular weight is 289 g/mol. The molecule has 0 radical (unpaired) electrons. The van der Waals surface area contributed by atoms with Crippen LogP contribution < -0.4 is 0 Å². The van der Waals surface area contributed by atoms with Gasteiger partial charge in [0.25, 0.3) is 0 Å². The maximum Gasteiger partial charge on any atom is 0.168 e. The summed E-state index contributed by atoms with van der Waals surface area (Å²) in [5, 5.41) is 1.14. The van der Waals surface area contributed by atoms with Crippen molar-refractivity contribution < 1.29 is 0 Å². The highest BCUT2D eigenvalue weighted by Crippen LogP contribution is 2.25. The van der Waals surface area contributed by atoms with E-state index in [1.807, 2.05) is 11.8 Å². The van der Waals surface area contributed by atoms with Crippen molar-refractivity contribution in [3.63, 3.8) is 0 Å². The van der Waals surface area contributed by atoms with Gasteiger partial charge in [-0.1, -0.05) is 30.3 Å². The van der Waals surface area contributed by atoms with Crippen LogP contribution in [0.25, 0.3) is 11.0 Å². The molecule has 0 aliphatic carbocycles. The summed E-state index contributed by atoms with van der Waals surface area (Å²) in [5.41, 5.74) is 2.33. The van der Waals surface area contributed by atoms with E-state index >= 15 is 0 Å². The van der Waals surface area contributed by atoms with E-state index < -0.39 is 0 Å². The molecular formula is C16H23N3S. The Morgan fingerprint density at radius 3 is 2.90 bits per heavy atom. The average Bonchev–Trinajstić information content (AvgIpc) is 2.78.